The van der Waals surface area contributed by atoms with Gasteiger partial charge in [0.05, 0.1) is 9.40 Å². The fraction of sp³-hybridized carbons (Fsp3) is 0.615. The number of nitrogens with one attached hydrogen (secondary N) is 1. The predicted octanol–water partition coefficient (Wildman–Crippen LogP) is 4.13. The van der Waals surface area contributed by atoms with Crippen molar-refractivity contribution >= 4 is 27.3 Å². The zero-order chi connectivity index (χ0) is 13.8. The van der Waals surface area contributed by atoms with Crippen molar-refractivity contribution in [3.63, 3.8) is 0 Å². The molecule has 6 heteroatoms. The van der Waals surface area contributed by atoms with Crippen LogP contribution >= 0.6 is 15.9 Å². The Kier molecular flexibility index (Phi) is 4.74. The van der Waals surface area contributed by atoms with Gasteiger partial charge in [-0.15, -0.1) is 0 Å². The van der Waals surface area contributed by atoms with Crippen molar-refractivity contribution in [1.82, 2.24) is 4.98 Å². The molecule has 2 atom stereocenters. The normalized spacial score (nSPS) is 23.7. The molecule has 104 valence electrons. The molecular weight excluding hydrogens is 310 g/mol. The van der Waals surface area contributed by atoms with Gasteiger partial charge in [-0.3, -0.25) is 15.1 Å². The molecule has 1 saturated carbocycles. The summed E-state index contributed by atoms with van der Waals surface area (Å²) < 4.78 is 0.652. The monoisotopic (exact) mass is 327 g/mol. The molecule has 1 fully saturated rings. The predicted molar refractivity (Wildman–Crippen MR) is 78.3 cm³/mol. The van der Waals surface area contributed by atoms with Crippen LogP contribution in [0.15, 0.2) is 16.9 Å². The Hall–Kier alpha value is -1.17. The number of aromatic nitrogens is 1. The smallest absolute Gasteiger partial charge is 0.311 e. The van der Waals surface area contributed by atoms with Crippen molar-refractivity contribution in [2.75, 3.05) is 5.32 Å². The summed E-state index contributed by atoms with van der Waals surface area (Å²) in [5, 5.41) is 14.4. The first-order valence-electron chi connectivity index (χ1n) is 6.62. The first-order chi connectivity index (χ1) is 9.08. The van der Waals surface area contributed by atoms with Crippen LogP contribution in [0.25, 0.3) is 0 Å². The van der Waals surface area contributed by atoms with Crippen molar-refractivity contribution in [1.29, 1.82) is 0 Å². The Morgan fingerprint density at radius 2 is 2.16 bits per heavy atom. The van der Waals surface area contributed by atoms with Crippen LogP contribution < -0.4 is 5.32 Å². The van der Waals surface area contributed by atoms with E-state index >= 15 is 0 Å². The van der Waals surface area contributed by atoms with E-state index in [1.807, 2.05) is 0 Å². The van der Waals surface area contributed by atoms with Gasteiger partial charge in [0.25, 0.3) is 0 Å². The Morgan fingerprint density at radius 3 is 2.89 bits per heavy atom. The van der Waals surface area contributed by atoms with Crippen LogP contribution in [-0.4, -0.2) is 15.9 Å². The fourth-order valence-electron chi connectivity index (χ4n) is 2.54. The Morgan fingerprint density at radius 1 is 1.37 bits per heavy atom. The van der Waals surface area contributed by atoms with Gasteiger partial charge in [0.2, 0.25) is 0 Å². The number of nitrogens with zero attached hydrogens (tertiary/aromatic N) is 2. The van der Waals surface area contributed by atoms with E-state index in [1.165, 1.54) is 25.5 Å². The molecule has 0 amide bonds. The van der Waals surface area contributed by atoms with E-state index < -0.39 is 0 Å². The van der Waals surface area contributed by atoms with Crippen LogP contribution in [0.2, 0.25) is 0 Å². The summed E-state index contributed by atoms with van der Waals surface area (Å²) in [6.45, 7) is 2.27. The van der Waals surface area contributed by atoms with E-state index in [4.69, 9.17) is 0 Å². The first kappa shape index (κ1) is 14.2. The second kappa shape index (κ2) is 6.32. The van der Waals surface area contributed by atoms with Gasteiger partial charge in [0.15, 0.2) is 0 Å². The Balaban J connectivity index is 2.16. The molecule has 1 aliphatic rings. The number of nitro groups is 1. The number of hydrogen-bond acceptors (Lipinski definition) is 4. The van der Waals surface area contributed by atoms with E-state index in [2.05, 4.69) is 33.2 Å². The lowest BCUT2D eigenvalue weighted by atomic mass is 10.0. The molecule has 0 bridgehead atoms. The maximum absolute atomic E-state index is 11.0. The molecule has 0 spiro atoms. The van der Waals surface area contributed by atoms with E-state index in [0.29, 0.717) is 16.2 Å². The van der Waals surface area contributed by atoms with Gasteiger partial charge < -0.3 is 5.32 Å². The zero-order valence-electron chi connectivity index (χ0n) is 10.9. The minimum absolute atomic E-state index is 0.0340. The molecule has 2 unspecified atom stereocenters. The maximum Gasteiger partial charge on any atom is 0.311 e. The largest absolute Gasteiger partial charge is 0.376 e. The minimum Gasteiger partial charge on any atom is -0.376 e. The topological polar surface area (TPSA) is 68.1 Å². The third-order valence-electron chi connectivity index (χ3n) is 3.68. The lowest BCUT2D eigenvalue weighted by Gasteiger charge is -2.18. The molecule has 1 aliphatic carbocycles. The fourth-order valence-corrected chi connectivity index (χ4v) is 2.98. The highest BCUT2D eigenvalue weighted by atomic mass is 79.9. The van der Waals surface area contributed by atoms with Gasteiger partial charge in [-0.2, -0.15) is 0 Å². The van der Waals surface area contributed by atoms with Gasteiger partial charge in [0.1, 0.15) is 11.9 Å². The molecule has 1 N–H and O–H groups in total. The molecule has 2 rings (SSSR count). The Labute approximate surface area is 121 Å². The lowest BCUT2D eigenvalue weighted by molar-refractivity contribution is -0.384. The summed E-state index contributed by atoms with van der Waals surface area (Å²) in [6, 6.07) is 0.308. The quantitative estimate of drug-likeness (QED) is 0.514. The SMILES string of the molecule is CC1CCCC(Nc2c(Br)cncc2[N+](=O)[O-])CC1. The standard InChI is InChI=1S/C13H18BrN3O2/c1-9-3-2-4-10(6-5-9)16-13-11(14)7-15-8-12(13)17(18)19/h7-10H,2-6H2,1H3,(H,15,16). The van der Waals surface area contributed by atoms with Crippen LogP contribution in [-0.2, 0) is 0 Å². The summed E-state index contributed by atoms with van der Waals surface area (Å²) in [7, 11) is 0. The number of halogens is 1. The van der Waals surface area contributed by atoms with Crippen molar-refractivity contribution in [3.05, 3.63) is 27.0 Å². The minimum atomic E-state index is -0.389. The van der Waals surface area contributed by atoms with E-state index in [-0.39, 0.29) is 10.6 Å². The number of pyridine rings is 1. The van der Waals surface area contributed by atoms with E-state index in [0.717, 1.165) is 18.8 Å². The van der Waals surface area contributed by atoms with Crippen molar-refractivity contribution in [2.45, 2.75) is 45.1 Å². The zero-order valence-corrected chi connectivity index (χ0v) is 12.5. The van der Waals surface area contributed by atoms with Crippen molar-refractivity contribution in [2.24, 2.45) is 5.92 Å². The lowest BCUT2D eigenvalue weighted by Crippen LogP contribution is -2.19. The molecule has 0 aliphatic heterocycles. The van der Waals surface area contributed by atoms with Gasteiger partial charge in [0, 0.05) is 12.2 Å². The number of hydrogen-bond donors (Lipinski definition) is 1. The molecule has 0 saturated heterocycles. The third kappa shape index (κ3) is 3.65. The summed E-state index contributed by atoms with van der Waals surface area (Å²) in [6.07, 6.45) is 8.62. The Bertz CT molecular complexity index is 467. The highest BCUT2D eigenvalue weighted by Gasteiger charge is 2.22. The van der Waals surface area contributed by atoms with Crippen LogP contribution in [0.1, 0.15) is 39.0 Å². The highest BCUT2D eigenvalue weighted by Crippen LogP contribution is 2.34. The average Bonchev–Trinajstić information content (AvgIpc) is 2.56. The average molecular weight is 328 g/mol. The summed E-state index contributed by atoms with van der Waals surface area (Å²) >= 11 is 3.34. The molecule has 1 aromatic rings. The van der Waals surface area contributed by atoms with Gasteiger partial charge in [-0.05, 0) is 41.1 Å². The van der Waals surface area contributed by atoms with Crippen LogP contribution in [0.5, 0.6) is 0 Å². The molecule has 1 aromatic heterocycles. The van der Waals surface area contributed by atoms with Gasteiger partial charge in [-0.1, -0.05) is 19.8 Å². The summed E-state index contributed by atoms with van der Waals surface area (Å²) in [4.78, 5) is 14.5. The molecule has 19 heavy (non-hydrogen) atoms. The van der Waals surface area contributed by atoms with Crippen molar-refractivity contribution in [3.8, 4) is 0 Å². The second-order valence-electron chi connectivity index (χ2n) is 5.23. The second-order valence-corrected chi connectivity index (χ2v) is 6.08. The van der Waals surface area contributed by atoms with Gasteiger partial charge in [-0.25, -0.2) is 0 Å². The summed E-state index contributed by atoms with van der Waals surface area (Å²) in [5.74, 6) is 0.752. The molecule has 1 heterocycles. The molecule has 0 aromatic carbocycles. The first-order valence-corrected chi connectivity index (χ1v) is 7.41. The molecule has 5 nitrogen and oxygen atoms in total. The van der Waals surface area contributed by atoms with Crippen LogP contribution in [0.3, 0.4) is 0 Å². The third-order valence-corrected chi connectivity index (χ3v) is 4.28. The summed E-state index contributed by atoms with van der Waals surface area (Å²) in [5.41, 5.74) is 0.589. The maximum atomic E-state index is 11.0. The number of anilines is 1. The van der Waals surface area contributed by atoms with Gasteiger partial charge >= 0.3 is 5.69 Å². The van der Waals surface area contributed by atoms with E-state index in [1.54, 1.807) is 6.20 Å². The molecule has 0 radical (unpaired) electrons. The van der Waals surface area contributed by atoms with Crippen molar-refractivity contribution < 1.29 is 4.92 Å². The highest BCUT2D eigenvalue weighted by molar-refractivity contribution is 9.10. The van der Waals surface area contributed by atoms with E-state index in [9.17, 15) is 10.1 Å². The number of rotatable bonds is 3. The van der Waals surface area contributed by atoms with Crippen LogP contribution in [0.4, 0.5) is 11.4 Å². The van der Waals surface area contributed by atoms with Crippen LogP contribution in [0, 0.1) is 16.0 Å². The molecular formula is C13H18BrN3O2.